The van der Waals surface area contributed by atoms with E-state index in [-0.39, 0.29) is 5.43 Å². The highest BCUT2D eigenvalue weighted by Crippen LogP contribution is 2.10. The van der Waals surface area contributed by atoms with Crippen LogP contribution in [-0.2, 0) is 0 Å². The Labute approximate surface area is 88.8 Å². The number of pyridine rings is 1. The molecule has 0 N–H and O–H groups in total. The first-order chi connectivity index (χ1) is 7.16. The van der Waals surface area contributed by atoms with E-state index in [1.807, 2.05) is 29.8 Å². The molecule has 0 amide bonds. The first-order valence-corrected chi connectivity index (χ1v) is 4.93. The Hall–Kier alpha value is -1.83. The van der Waals surface area contributed by atoms with Crippen molar-refractivity contribution in [3.63, 3.8) is 0 Å². The molecule has 2 heteroatoms. The van der Waals surface area contributed by atoms with Gasteiger partial charge in [0, 0.05) is 29.7 Å². The van der Waals surface area contributed by atoms with Crippen molar-refractivity contribution < 1.29 is 0 Å². The van der Waals surface area contributed by atoms with Crippen molar-refractivity contribution >= 4 is 0 Å². The quantitative estimate of drug-likeness (QED) is 0.691. The maximum atomic E-state index is 11.1. The summed E-state index contributed by atoms with van der Waals surface area (Å²) in [6.07, 6.45) is 1.81. The minimum atomic E-state index is 0.0517. The smallest absolute Gasteiger partial charge is 0.181 e. The summed E-state index contributed by atoms with van der Waals surface area (Å²) in [5.41, 5.74) is 3.32. The van der Waals surface area contributed by atoms with Crippen molar-refractivity contribution in [2.24, 2.45) is 0 Å². The number of hydrogen-bond donors (Lipinski definition) is 0. The average Bonchev–Trinajstić information content (AvgIpc) is 2.20. The molecule has 1 heterocycles. The van der Waals surface area contributed by atoms with Crippen LogP contribution in [0, 0.1) is 13.8 Å². The molecule has 0 atom stereocenters. The molecule has 0 aliphatic carbocycles. The minimum absolute atomic E-state index is 0.0517. The second-order valence-corrected chi connectivity index (χ2v) is 3.71. The fourth-order valence-corrected chi connectivity index (χ4v) is 1.58. The standard InChI is InChI=1S/C13H13NO/c1-10-3-5-12(6-4-10)14-8-7-13(15)9-11(14)2/h3-9H,1-2H3. The Bertz CT molecular complexity index is 523. The molecular weight excluding hydrogens is 186 g/mol. The average molecular weight is 199 g/mol. The second-order valence-electron chi connectivity index (χ2n) is 3.71. The van der Waals surface area contributed by atoms with Crippen LogP contribution in [0.5, 0.6) is 0 Å². The Morgan fingerprint density at radius 1 is 1.00 bits per heavy atom. The first-order valence-electron chi connectivity index (χ1n) is 4.93. The van der Waals surface area contributed by atoms with Crippen LogP contribution >= 0.6 is 0 Å². The van der Waals surface area contributed by atoms with Gasteiger partial charge in [-0.1, -0.05) is 17.7 Å². The van der Waals surface area contributed by atoms with Gasteiger partial charge in [-0.3, -0.25) is 4.79 Å². The predicted octanol–water partition coefficient (Wildman–Crippen LogP) is 2.45. The zero-order valence-corrected chi connectivity index (χ0v) is 8.90. The molecule has 76 valence electrons. The molecule has 0 saturated carbocycles. The van der Waals surface area contributed by atoms with Crippen molar-refractivity contribution in [1.29, 1.82) is 0 Å². The first kappa shape index (κ1) is 9.71. The maximum Gasteiger partial charge on any atom is 0.181 e. The van der Waals surface area contributed by atoms with Crippen molar-refractivity contribution in [2.45, 2.75) is 13.8 Å². The van der Waals surface area contributed by atoms with Gasteiger partial charge >= 0.3 is 0 Å². The van der Waals surface area contributed by atoms with Gasteiger partial charge in [-0.15, -0.1) is 0 Å². The van der Waals surface area contributed by atoms with Gasteiger partial charge < -0.3 is 4.57 Å². The lowest BCUT2D eigenvalue weighted by atomic mass is 10.2. The number of benzene rings is 1. The largest absolute Gasteiger partial charge is 0.321 e. The lowest BCUT2D eigenvalue weighted by molar-refractivity contribution is 0.973. The SMILES string of the molecule is Cc1ccc(-n2ccc(=O)cc2C)cc1. The molecule has 0 spiro atoms. The molecule has 0 unspecified atom stereocenters. The van der Waals surface area contributed by atoms with E-state index in [4.69, 9.17) is 0 Å². The highest BCUT2D eigenvalue weighted by atomic mass is 16.1. The van der Waals surface area contributed by atoms with Crippen LogP contribution < -0.4 is 5.43 Å². The third-order valence-electron chi connectivity index (χ3n) is 2.43. The van der Waals surface area contributed by atoms with Crippen molar-refractivity contribution in [1.82, 2.24) is 4.57 Å². The number of nitrogens with zero attached hydrogens (tertiary/aromatic N) is 1. The molecule has 1 aromatic carbocycles. The summed E-state index contributed by atoms with van der Waals surface area (Å²) in [5.74, 6) is 0. The summed E-state index contributed by atoms with van der Waals surface area (Å²) in [5, 5.41) is 0. The van der Waals surface area contributed by atoms with E-state index in [2.05, 4.69) is 19.1 Å². The Morgan fingerprint density at radius 2 is 1.67 bits per heavy atom. The van der Waals surface area contributed by atoms with Crippen LogP contribution in [0.1, 0.15) is 11.3 Å². The summed E-state index contributed by atoms with van der Waals surface area (Å²) < 4.78 is 2.00. The van der Waals surface area contributed by atoms with Crippen molar-refractivity contribution in [3.8, 4) is 5.69 Å². The molecule has 0 radical (unpaired) electrons. The lowest BCUT2D eigenvalue weighted by Crippen LogP contribution is -2.06. The Morgan fingerprint density at radius 3 is 2.27 bits per heavy atom. The van der Waals surface area contributed by atoms with Gasteiger partial charge in [0.25, 0.3) is 0 Å². The highest BCUT2D eigenvalue weighted by Gasteiger charge is 1.98. The zero-order valence-electron chi connectivity index (χ0n) is 8.90. The van der Waals surface area contributed by atoms with Gasteiger partial charge in [0.1, 0.15) is 0 Å². The van der Waals surface area contributed by atoms with Crippen LogP contribution in [-0.4, -0.2) is 4.57 Å². The molecule has 15 heavy (non-hydrogen) atoms. The third-order valence-corrected chi connectivity index (χ3v) is 2.43. The summed E-state index contributed by atoms with van der Waals surface area (Å²) in [6.45, 7) is 3.99. The molecule has 0 aliphatic rings. The second kappa shape index (κ2) is 3.73. The van der Waals surface area contributed by atoms with E-state index in [1.165, 1.54) is 5.56 Å². The summed E-state index contributed by atoms with van der Waals surface area (Å²) >= 11 is 0. The number of aryl methyl sites for hydroxylation is 2. The lowest BCUT2D eigenvalue weighted by Gasteiger charge is -2.09. The van der Waals surface area contributed by atoms with Crippen LogP contribution in [0.25, 0.3) is 5.69 Å². The molecular formula is C13H13NO. The predicted molar refractivity (Wildman–Crippen MR) is 61.5 cm³/mol. The third kappa shape index (κ3) is 1.99. The summed E-state index contributed by atoms with van der Waals surface area (Å²) in [7, 11) is 0. The number of rotatable bonds is 1. The van der Waals surface area contributed by atoms with Gasteiger partial charge in [0.05, 0.1) is 0 Å². The van der Waals surface area contributed by atoms with Gasteiger partial charge in [0.2, 0.25) is 0 Å². The maximum absolute atomic E-state index is 11.1. The molecule has 2 nitrogen and oxygen atoms in total. The van der Waals surface area contributed by atoms with Gasteiger partial charge in [-0.25, -0.2) is 0 Å². The molecule has 0 saturated heterocycles. The molecule has 2 rings (SSSR count). The molecule has 1 aromatic heterocycles. The van der Waals surface area contributed by atoms with Gasteiger partial charge in [-0.05, 0) is 26.0 Å². The van der Waals surface area contributed by atoms with Crippen LogP contribution in [0.3, 0.4) is 0 Å². The molecule has 0 aliphatic heterocycles. The summed E-state index contributed by atoms with van der Waals surface area (Å²) in [6, 6.07) is 11.4. The van der Waals surface area contributed by atoms with Crippen molar-refractivity contribution in [2.75, 3.05) is 0 Å². The van der Waals surface area contributed by atoms with Gasteiger partial charge in [0.15, 0.2) is 5.43 Å². The van der Waals surface area contributed by atoms with E-state index in [9.17, 15) is 4.79 Å². The van der Waals surface area contributed by atoms with E-state index in [0.717, 1.165) is 11.4 Å². The monoisotopic (exact) mass is 199 g/mol. The fraction of sp³-hybridized carbons (Fsp3) is 0.154. The van der Waals surface area contributed by atoms with E-state index < -0.39 is 0 Å². The van der Waals surface area contributed by atoms with Crippen LogP contribution in [0.2, 0.25) is 0 Å². The molecule has 2 aromatic rings. The topological polar surface area (TPSA) is 22.0 Å². The van der Waals surface area contributed by atoms with E-state index in [1.54, 1.807) is 12.1 Å². The molecule has 0 fully saturated rings. The van der Waals surface area contributed by atoms with Gasteiger partial charge in [-0.2, -0.15) is 0 Å². The van der Waals surface area contributed by atoms with Crippen molar-refractivity contribution in [3.05, 3.63) is 64.1 Å². The zero-order chi connectivity index (χ0) is 10.8. The summed E-state index contributed by atoms with van der Waals surface area (Å²) in [4.78, 5) is 11.1. The highest BCUT2D eigenvalue weighted by molar-refractivity contribution is 5.36. The van der Waals surface area contributed by atoms with Crippen LogP contribution in [0.15, 0.2) is 47.4 Å². The number of aromatic nitrogens is 1. The van der Waals surface area contributed by atoms with Crippen LogP contribution in [0.4, 0.5) is 0 Å². The fourth-order valence-electron chi connectivity index (χ4n) is 1.58. The Balaban J connectivity index is 2.54. The molecule has 0 bridgehead atoms. The normalized spacial score (nSPS) is 10.3. The number of hydrogen-bond acceptors (Lipinski definition) is 1. The van der Waals surface area contributed by atoms with E-state index >= 15 is 0 Å². The van der Waals surface area contributed by atoms with E-state index in [0.29, 0.717) is 0 Å². The minimum Gasteiger partial charge on any atom is -0.321 e. The Kier molecular flexibility index (Phi) is 2.42.